The first-order valence-corrected chi connectivity index (χ1v) is 115. The summed E-state index contributed by atoms with van der Waals surface area (Å²) in [5.74, 6) is 0. The van der Waals surface area contributed by atoms with Crippen molar-refractivity contribution in [1.29, 1.82) is 0 Å². The van der Waals surface area contributed by atoms with Crippen molar-refractivity contribution in [3.05, 3.63) is 0 Å². The van der Waals surface area contributed by atoms with Crippen LogP contribution in [0.1, 0.15) is 0 Å². The van der Waals surface area contributed by atoms with Crippen molar-refractivity contribution in [2.75, 3.05) is 7.11 Å². The first-order chi connectivity index (χ1) is 39.1. The van der Waals surface area contributed by atoms with Gasteiger partial charge in [0, 0.05) is 639 Å². The molecule has 0 heterocycles. The summed E-state index contributed by atoms with van der Waals surface area (Å²) in [7, 11) is 133. The van der Waals surface area contributed by atoms with E-state index in [1.807, 2.05) is 550 Å². The summed E-state index contributed by atoms with van der Waals surface area (Å²) >= 11 is 14.5. The van der Waals surface area contributed by atoms with Gasteiger partial charge in [-0.15, -0.1) is 0 Å². The fourth-order valence-corrected chi connectivity index (χ4v) is 203. The van der Waals surface area contributed by atoms with Gasteiger partial charge in [-0.3, -0.25) is 0 Å². The van der Waals surface area contributed by atoms with Gasteiger partial charge in [0.1, 0.15) is 0 Å². The molecule has 0 bridgehead atoms. The highest BCUT2D eigenvalue weighted by atomic mass is 34.1. The van der Waals surface area contributed by atoms with E-state index < -0.39 is 6.46 Å². The van der Waals surface area contributed by atoms with E-state index in [1.54, 1.807) is 154 Å². The van der Waals surface area contributed by atoms with Gasteiger partial charge in [0.25, 0.3) is 0 Å². The summed E-state index contributed by atoms with van der Waals surface area (Å²) in [6.45, 7) is -1.80. The molecular weight excluding hydrogens is 2500 g/mol. The molecule has 476 valence electrons. The lowest BCUT2D eigenvalue weighted by Gasteiger charge is -2.03. The van der Waals surface area contributed by atoms with Crippen LogP contribution >= 0.6 is 729 Å². The zero-order valence-electron chi connectivity index (χ0n) is 32.9. The SMILES string of the molecule is COS(=S)(=S)SSSSSSSSSSSSSSSSSSSSSSSSSSSSSSSSSSSSSSSSSSSSSSSSSSSSSSSSSSSSSSSSSSSSSSSSSS. The van der Waals surface area contributed by atoms with E-state index in [9.17, 15) is 0 Å². The monoisotopic (exact) mass is 2490 g/mol. The summed E-state index contributed by atoms with van der Waals surface area (Å²) < 4.78 is 5.12. The normalized spacial score (nSPS) is 12.0. The quantitative estimate of drug-likeness (QED) is 0.0352. The van der Waals surface area contributed by atoms with Crippen molar-refractivity contribution < 1.29 is 4.18 Å². The molecule has 0 saturated carbocycles. The fraction of sp³-hybridized carbons (Fsp3) is 1.00. The number of thiol groups is 1. The molecule has 0 unspecified atom stereocenters. The van der Waals surface area contributed by atoms with Gasteiger partial charge in [0.15, 0.2) is 0 Å². The molecule has 79 heavy (non-hydrogen) atoms. The Morgan fingerprint density at radius 2 is 0.266 bits per heavy atom. The van der Waals surface area contributed by atoms with Crippen LogP contribution in [0.5, 0.6) is 0 Å². The van der Waals surface area contributed by atoms with Crippen LogP contribution in [0.4, 0.5) is 0 Å². The van der Waals surface area contributed by atoms with E-state index in [4.69, 9.17) is 26.6 Å². The standard InChI is InChI=1S/CH4OS77/c1-2-79(4,5)78-77-76-75-74-73-72-71-70-69-68-67-66-65-64-63-62-61-60-59-58-57-56-55-54-53-52-51-50-49-48-47-46-45-44-43-42-41-40-39-38-37-36-35-34-33-32-31-30-29-28-27-26-25-24-23-22-21-20-19-18-17-16-15-14-13-12-11-10-9-8-7-6-3/h3H,1H3. The lowest BCUT2D eigenvalue weighted by molar-refractivity contribution is 0.491. The molecule has 0 aromatic heterocycles. The van der Waals surface area contributed by atoms with E-state index in [-0.39, 0.29) is 0 Å². The maximum absolute atomic E-state index is 5.18. The molecule has 0 amide bonds. The molecule has 0 aromatic rings. The Morgan fingerprint density at radius 3 is 0.354 bits per heavy atom. The maximum Gasteiger partial charge on any atom is 0.0817 e. The smallest absolute Gasteiger partial charge is 0.0817 e. The Balaban J connectivity index is 3.09. The zero-order chi connectivity index (χ0) is 56.8. The molecule has 0 fully saturated rings. The Bertz CT molecular complexity index is 1140. The Morgan fingerprint density at radius 1 is 0.177 bits per heavy atom. The molecule has 0 saturated heterocycles. The summed E-state index contributed by atoms with van der Waals surface area (Å²) in [6.07, 6.45) is 0. The highest BCUT2D eigenvalue weighted by Crippen LogP contribution is 2.71. The highest BCUT2D eigenvalue weighted by Gasteiger charge is 2.08. The topological polar surface area (TPSA) is 9.23 Å². The molecular formula is CH4OS77. The first kappa shape index (κ1) is 106. The van der Waals surface area contributed by atoms with Crippen LogP contribution in [-0.2, 0) is 33.0 Å². The maximum atomic E-state index is 5.18. The van der Waals surface area contributed by atoms with Crippen molar-refractivity contribution in [3.63, 3.8) is 0 Å². The summed E-state index contributed by atoms with van der Waals surface area (Å²) in [4.78, 5) is 0. The van der Waals surface area contributed by atoms with Gasteiger partial charge in [-0.2, -0.15) is 0 Å². The summed E-state index contributed by atoms with van der Waals surface area (Å²) in [5.41, 5.74) is 0. The van der Waals surface area contributed by atoms with Gasteiger partial charge in [-0.05, 0) is 101 Å². The van der Waals surface area contributed by atoms with Gasteiger partial charge in [-0.25, -0.2) is 0 Å². The molecule has 0 aliphatic heterocycles. The van der Waals surface area contributed by atoms with E-state index in [2.05, 4.69) is 11.7 Å². The van der Waals surface area contributed by atoms with Crippen LogP contribution in [0.25, 0.3) is 0 Å². The van der Waals surface area contributed by atoms with Crippen LogP contribution in [0, 0.1) is 0 Å². The molecule has 0 spiro atoms. The van der Waals surface area contributed by atoms with Crippen LogP contribution in [0.3, 0.4) is 0 Å². The van der Waals surface area contributed by atoms with E-state index in [0.29, 0.717) is 0 Å². The minimum absolute atomic E-state index is 1.46. The van der Waals surface area contributed by atoms with Crippen molar-refractivity contribution in [1.82, 2.24) is 0 Å². The average molecular weight is 2500 g/mol. The predicted molar refractivity (Wildman–Crippen MR) is 592 cm³/mol. The summed E-state index contributed by atoms with van der Waals surface area (Å²) in [5, 5.41) is 0. The molecule has 0 aliphatic carbocycles. The first-order valence-electron chi connectivity index (χ1n) is 13.3. The molecule has 0 N–H and O–H groups in total. The lowest BCUT2D eigenvalue weighted by atomic mass is 11.8. The van der Waals surface area contributed by atoms with Crippen LogP contribution in [0.15, 0.2) is 0 Å². The second-order valence-corrected chi connectivity index (χ2v) is 142. The van der Waals surface area contributed by atoms with E-state index in [1.165, 1.54) is 19.7 Å². The Hall–Kier alpha value is 26.7. The molecule has 0 rings (SSSR count). The predicted octanol–water partition coefficient (Wildman–Crippen LogP) is 47.8. The Kier molecular flexibility index (Phi) is 132. The third-order valence-corrected chi connectivity index (χ3v) is 169. The molecule has 0 aromatic carbocycles. The third kappa shape index (κ3) is 101. The van der Waals surface area contributed by atoms with Crippen LogP contribution in [-0.4, -0.2) is 7.11 Å². The average Bonchev–Trinajstić information content (AvgIpc) is 3.45. The van der Waals surface area contributed by atoms with Crippen LogP contribution < -0.4 is 0 Å². The van der Waals surface area contributed by atoms with Gasteiger partial charge in [0.05, 0.1) is 13.6 Å². The van der Waals surface area contributed by atoms with Crippen molar-refractivity contribution in [2.45, 2.75) is 0 Å². The number of hydrogen-bond donors (Lipinski definition) is 1. The number of rotatable bonds is 74. The lowest BCUT2D eigenvalue weighted by Crippen LogP contribution is -1.87. The number of hydrogen-bond acceptors (Lipinski definition) is 77. The van der Waals surface area contributed by atoms with E-state index >= 15 is 0 Å². The second-order valence-electron chi connectivity index (χ2n) is 5.55. The largest absolute Gasteiger partial charge is 0.305 e. The van der Waals surface area contributed by atoms with E-state index in [0.717, 1.165) is 0 Å². The molecule has 0 aliphatic rings. The minimum Gasteiger partial charge on any atom is -0.305 e. The minimum atomic E-state index is -1.80. The van der Waals surface area contributed by atoms with Gasteiger partial charge >= 0.3 is 0 Å². The fourth-order valence-electron chi connectivity index (χ4n) is 0.868. The van der Waals surface area contributed by atoms with Crippen molar-refractivity contribution in [3.8, 4) is 0 Å². The summed E-state index contributed by atoms with van der Waals surface area (Å²) in [6, 6.07) is 0. The molecule has 0 atom stereocenters. The van der Waals surface area contributed by atoms with Gasteiger partial charge < -0.3 is 4.18 Å². The molecule has 1 nitrogen and oxygen atoms in total. The molecule has 0 radical (unpaired) electrons. The van der Waals surface area contributed by atoms with Crippen molar-refractivity contribution >= 4 is 758 Å². The zero-order valence-corrected chi connectivity index (χ0v) is 95.8. The molecule has 78 heteroatoms. The van der Waals surface area contributed by atoms with Gasteiger partial charge in [0.2, 0.25) is 0 Å². The Labute approximate surface area is 747 Å². The highest BCUT2D eigenvalue weighted by molar-refractivity contribution is 9.66. The van der Waals surface area contributed by atoms with Crippen LogP contribution in [0.2, 0.25) is 0 Å². The third-order valence-electron chi connectivity index (χ3n) is 2.29. The van der Waals surface area contributed by atoms with Crippen molar-refractivity contribution in [2.24, 2.45) is 0 Å². The second kappa shape index (κ2) is 98.8. The van der Waals surface area contributed by atoms with Gasteiger partial charge in [-0.1, -0.05) is 11.7 Å².